The normalized spacial score (nSPS) is 12.6. The highest BCUT2D eigenvalue weighted by Gasteiger charge is 2.10. The first-order valence-electron chi connectivity index (χ1n) is 5.38. The molecule has 1 unspecified atom stereocenters. The van der Waals surface area contributed by atoms with Crippen molar-refractivity contribution in [2.24, 2.45) is 5.92 Å². The number of anilines is 1. The number of hydrogen-bond donors (Lipinski definition) is 1. The van der Waals surface area contributed by atoms with Crippen molar-refractivity contribution in [3.63, 3.8) is 0 Å². The van der Waals surface area contributed by atoms with E-state index in [4.69, 9.17) is 0 Å². The van der Waals surface area contributed by atoms with Crippen molar-refractivity contribution < 1.29 is 4.79 Å². The highest BCUT2D eigenvalue weighted by molar-refractivity contribution is 5.88. The van der Waals surface area contributed by atoms with E-state index in [1.807, 2.05) is 18.2 Å². The van der Waals surface area contributed by atoms with Crippen LogP contribution in [0.25, 0.3) is 0 Å². The maximum Gasteiger partial charge on any atom is 0.221 e. The summed E-state index contributed by atoms with van der Waals surface area (Å²) < 4.78 is 0. The molecule has 0 saturated carbocycles. The van der Waals surface area contributed by atoms with E-state index in [1.165, 1.54) is 12.5 Å². The molecule has 82 valence electrons. The summed E-state index contributed by atoms with van der Waals surface area (Å²) >= 11 is 0. The average molecular weight is 205 g/mol. The second-order valence-electron chi connectivity index (χ2n) is 4.34. The fourth-order valence-electron chi connectivity index (χ4n) is 1.49. The summed E-state index contributed by atoms with van der Waals surface area (Å²) in [5.74, 6) is 1.10. The minimum Gasteiger partial charge on any atom is -0.326 e. The van der Waals surface area contributed by atoms with Crippen LogP contribution < -0.4 is 5.32 Å². The van der Waals surface area contributed by atoms with Gasteiger partial charge < -0.3 is 5.32 Å². The van der Waals surface area contributed by atoms with Gasteiger partial charge in [-0.1, -0.05) is 32.9 Å². The van der Waals surface area contributed by atoms with E-state index in [0.29, 0.717) is 11.8 Å². The maximum atomic E-state index is 10.9. The lowest BCUT2D eigenvalue weighted by molar-refractivity contribution is -0.114. The fraction of sp³-hybridized carbons (Fsp3) is 0.462. The lowest BCUT2D eigenvalue weighted by atomic mass is 9.90. The van der Waals surface area contributed by atoms with Gasteiger partial charge in [-0.25, -0.2) is 0 Å². The zero-order valence-electron chi connectivity index (χ0n) is 9.87. The quantitative estimate of drug-likeness (QED) is 0.805. The van der Waals surface area contributed by atoms with Crippen molar-refractivity contribution in [2.75, 3.05) is 5.32 Å². The van der Waals surface area contributed by atoms with Crippen LogP contribution in [0.5, 0.6) is 0 Å². The third-order valence-corrected chi connectivity index (χ3v) is 2.73. The van der Waals surface area contributed by atoms with Crippen molar-refractivity contribution in [2.45, 2.75) is 33.6 Å². The van der Waals surface area contributed by atoms with Crippen LogP contribution in [0.3, 0.4) is 0 Å². The molecule has 1 atom stereocenters. The number of hydrogen-bond acceptors (Lipinski definition) is 1. The first kappa shape index (κ1) is 11.8. The first-order chi connectivity index (χ1) is 7.00. The fourth-order valence-corrected chi connectivity index (χ4v) is 1.49. The third-order valence-electron chi connectivity index (χ3n) is 2.73. The van der Waals surface area contributed by atoms with Crippen LogP contribution in [0.4, 0.5) is 5.69 Å². The van der Waals surface area contributed by atoms with Gasteiger partial charge in [0.05, 0.1) is 0 Å². The highest BCUT2D eigenvalue weighted by Crippen LogP contribution is 2.25. The summed E-state index contributed by atoms with van der Waals surface area (Å²) in [6.07, 6.45) is 0. The standard InChI is InChI=1S/C13H19NO/c1-9(2)10(3)12-6-5-7-13(8-12)14-11(4)15/h5-10H,1-4H3,(H,14,15). The van der Waals surface area contributed by atoms with E-state index in [9.17, 15) is 4.79 Å². The van der Waals surface area contributed by atoms with E-state index in [2.05, 4.69) is 32.2 Å². The van der Waals surface area contributed by atoms with Gasteiger partial charge in [0.1, 0.15) is 0 Å². The Morgan fingerprint density at radius 2 is 1.93 bits per heavy atom. The average Bonchev–Trinajstić information content (AvgIpc) is 2.16. The van der Waals surface area contributed by atoms with E-state index in [0.717, 1.165) is 5.69 Å². The van der Waals surface area contributed by atoms with Gasteiger partial charge in [0.15, 0.2) is 0 Å². The lowest BCUT2D eigenvalue weighted by Gasteiger charge is -2.16. The van der Waals surface area contributed by atoms with Crippen LogP contribution in [0.2, 0.25) is 0 Å². The molecule has 0 aromatic heterocycles. The SMILES string of the molecule is CC(=O)Nc1cccc(C(C)C(C)C)c1. The van der Waals surface area contributed by atoms with Crippen molar-refractivity contribution in [1.82, 2.24) is 0 Å². The second kappa shape index (κ2) is 4.96. The molecule has 0 saturated heterocycles. The zero-order valence-corrected chi connectivity index (χ0v) is 9.87. The Labute approximate surface area is 91.7 Å². The van der Waals surface area contributed by atoms with Gasteiger partial charge in [0, 0.05) is 12.6 Å². The Morgan fingerprint density at radius 3 is 2.47 bits per heavy atom. The van der Waals surface area contributed by atoms with Gasteiger partial charge in [-0.3, -0.25) is 4.79 Å². The van der Waals surface area contributed by atoms with Crippen LogP contribution in [0, 0.1) is 5.92 Å². The zero-order chi connectivity index (χ0) is 11.4. The van der Waals surface area contributed by atoms with Crippen LogP contribution in [-0.4, -0.2) is 5.91 Å². The predicted octanol–water partition coefficient (Wildman–Crippen LogP) is 3.40. The third kappa shape index (κ3) is 3.39. The van der Waals surface area contributed by atoms with Crippen LogP contribution in [-0.2, 0) is 4.79 Å². The molecule has 15 heavy (non-hydrogen) atoms. The number of rotatable bonds is 3. The van der Waals surface area contributed by atoms with Gasteiger partial charge in [0.2, 0.25) is 5.91 Å². The van der Waals surface area contributed by atoms with Gasteiger partial charge in [0.25, 0.3) is 0 Å². The Bertz CT molecular complexity index is 344. The summed E-state index contributed by atoms with van der Waals surface area (Å²) in [4.78, 5) is 10.9. The number of nitrogens with one attached hydrogen (secondary N) is 1. The summed E-state index contributed by atoms with van der Waals surface area (Å²) in [5, 5.41) is 2.80. The van der Waals surface area contributed by atoms with Crippen molar-refractivity contribution in [1.29, 1.82) is 0 Å². The van der Waals surface area contributed by atoms with E-state index in [-0.39, 0.29) is 5.91 Å². The van der Waals surface area contributed by atoms with E-state index >= 15 is 0 Å². The molecule has 0 spiro atoms. The molecule has 0 aliphatic carbocycles. The second-order valence-corrected chi connectivity index (χ2v) is 4.34. The van der Waals surface area contributed by atoms with Crippen LogP contribution in [0.15, 0.2) is 24.3 Å². The van der Waals surface area contributed by atoms with Gasteiger partial charge in [-0.2, -0.15) is 0 Å². The summed E-state index contributed by atoms with van der Waals surface area (Å²) in [7, 11) is 0. The molecule has 0 aliphatic heterocycles. The molecule has 0 heterocycles. The molecule has 1 N–H and O–H groups in total. The number of benzene rings is 1. The molecule has 0 radical (unpaired) electrons. The minimum absolute atomic E-state index is 0.0237. The summed E-state index contributed by atoms with van der Waals surface area (Å²) in [6, 6.07) is 8.06. The maximum absolute atomic E-state index is 10.9. The number of carbonyl (C=O) groups excluding carboxylic acids is 1. The molecule has 0 aliphatic rings. The number of amides is 1. The van der Waals surface area contributed by atoms with Crippen LogP contribution in [0.1, 0.15) is 39.2 Å². The molecule has 1 aromatic rings. The van der Waals surface area contributed by atoms with Crippen molar-refractivity contribution >= 4 is 11.6 Å². The van der Waals surface area contributed by atoms with E-state index < -0.39 is 0 Å². The topological polar surface area (TPSA) is 29.1 Å². The minimum atomic E-state index is -0.0237. The monoisotopic (exact) mass is 205 g/mol. The molecule has 1 aromatic carbocycles. The summed E-state index contributed by atoms with van der Waals surface area (Å²) in [5.41, 5.74) is 2.16. The summed E-state index contributed by atoms with van der Waals surface area (Å²) in [6.45, 7) is 8.14. The Kier molecular flexibility index (Phi) is 3.89. The molecule has 2 heteroatoms. The smallest absolute Gasteiger partial charge is 0.221 e. The Morgan fingerprint density at radius 1 is 1.27 bits per heavy atom. The molecule has 1 rings (SSSR count). The predicted molar refractivity (Wildman–Crippen MR) is 64.0 cm³/mol. The molecule has 0 fully saturated rings. The molecule has 0 bridgehead atoms. The van der Waals surface area contributed by atoms with Crippen molar-refractivity contribution in [3.8, 4) is 0 Å². The molecule has 2 nitrogen and oxygen atoms in total. The van der Waals surface area contributed by atoms with Crippen molar-refractivity contribution in [3.05, 3.63) is 29.8 Å². The highest BCUT2D eigenvalue weighted by atomic mass is 16.1. The number of carbonyl (C=O) groups is 1. The Hall–Kier alpha value is -1.31. The Balaban J connectivity index is 2.87. The largest absolute Gasteiger partial charge is 0.326 e. The van der Waals surface area contributed by atoms with Gasteiger partial charge in [-0.15, -0.1) is 0 Å². The molecular formula is C13H19NO. The van der Waals surface area contributed by atoms with Gasteiger partial charge >= 0.3 is 0 Å². The first-order valence-corrected chi connectivity index (χ1v) is 5.38. The van der Waals surface area contributed by atoms with E-state index in [1.54, 1.807) is 0 Å². The molecular weight excluding hydrogens is 186 g/mol. The lowest BCUT2D eigenvalue weighted by Crippen LogP contribution is -2.07. The van der Waals surface area contributed by atoms with Crippen LogP contribution >= 0.6 is 0 Å². The van der Waals surface area contributed by atoms with Gasteiger partial charge in [-0.05, 0) is 29.5 Å². The molecule has 1 amide bonds.